The Balaban J connectivity index is 3.11. The predicted molar refractivity (Wildman–Crippen MR) is 44.8 cm³/mol. The van der Waals surface area contributed by atoms with E-state index in [0.717, 1.165) is 5.56 Å². The van der Waals surface area contributed by atoms with Gasteiger partial charge in [-0.3, -0.25) is 9.48 Å². The van der Waals surface area contributed by atoms with Crippen molar-refractivity contribution in [2.75, 3.05) is 0 Å². The van der Waals surface area contributed by atoms with Crippen LogP contribution in [0, 0.1) is 0 Å². The van der Waals surface area contributed by atoms with Crippen molar-refractivity contribution in [1.82, 2.24) is 9.78 Å². The summed E-state index contributed by atoms with van der Waals surface area (Å²) in [5.41, 5.74) is 0.981. The van der Waals surface area contributed by atoms with Crippen molar-refractivity contribution < 1.29 is 0 Å². The topological polar surface area (TPSA) is 37.8 Å². The number of H-pyrrole nitrogens is 1. The number of nitrogens with zero attached hydrogens (tertiary/aromatic N) is 1. The molecule has 0 amide bonds. The monoisotopic (exact) mass is 154 g/mol. The van der Waals surface area contributed by atoms with Crippen molar-refractivity contribution in [3.63, 3.8) is 0 Å². The predicted octanol–water partition coefficient (Wildman–Crippen LogP) is 1.32. The highest BCUT2D eigenvalue weighted by molar-refractivity contribution is 5.09. The van der Waals surface area contributed by atoms with E-state index < -0.39 is 0 Å². The van der Waals surface area contributed by atoms with Crippen molar-refractivity contribution >= 4 is 0 Å². The molecule has 0 saturated carbocycles. The molecule has 0 radical (unpaired) electrons. The normalized spacial score (nSPS) is 10.9. The van der Waals surface area contributed by atoms with Gasteiger partial charge in [0.05, 0.1) is 0 Å². The molecule has 0 fully saturated rings. The zero-order chi connectivity index (χ0) is 8.43. The van der Waals surface area contributed by atoms with E-state index in [1.165, 1.54) is 0 Å². The van der Waals surface area contributed by atoms with E-state index in [-0.39, 0.29) is 5.56 Å². The molecule has 1 rings (SSSR count). The van der Waals surface area contributed by atoms with Gasteiger partial charge in [-0.1, -0.05) is 13.8 Å². The molecule has 1 aromatic rings. The lowest BCUT2D eigenvalue weighted by Crippen LogP contribution is -2.18. The molecule has 1 heterocycles. The van der Waals surface area contributed by atoms with Gasteiger partial charge in [0, 0.05) is 18.3 Å². The van der Waals surface area contributed by atoms with Crippen LogP contribution in [-0.4, -0.2) is 9.78 Å². The number of rotatable bonds is 2. The summed E-state index contributed by atoms with van der Waals surface area (Å²) in [6.07, 6.45) is 1.79. The number of aryl methyl sites for hydroxylation is 1. The first kappa shape index (κ1) is 8.11. The Kier molecular flexibility index (Phi) is 2.17. The number of aromatic amines is 1. The van der Waals surface area contributed by atoms with E-state index >= 15 is 0 Å². The fourth-order valence-electron chi connectivity index (χ4n) is 1.07. The molecule has 0 spiro atoms. The van der Waals surface area contributed by atoms with E-state index in [2.05, 4.69) is 5.10 Å². The summed E-state index contributed by atoms with van der Waals surface area (Å²) in [5.74, 6) is 0.312. The maximum absolute atomic E-state index is 11.4. The van der Waals surface area contributed by atoms with Gasteiger partial charge in [0.25, 0.3) is 5.56 Å². The van der Waals surface area contributed by atoms with Crippen LogP contribution in [0.25, 0.3) is 0 Å². The van der Waals surface area contributed by atoms with E-state index in [0.29, 0.717) is 12.5 Å². The fourth-order valence-corrected chi connectivity index (χ4v) is 1.07. The molecular formula is C8H14N2O. The second kappa shape index (κ2) is 2.95. The van der Waals surface area contributed by atoms with Crippen molar-refractivity contribution in [3.05, 3.63) is 22.1 Å². The average molecular weight is 154 g/mol. The maximum atomic E-state index is 11.4. The van der Waals surface area contributed by atoms with Crippen LogP contribution in [0.3, 0.4) is 0 Å². The Hall–Kier alpha value is -0.990. The lowest BCUT2D eigenvalue weighted by Gasteiger charge is -1.96. The van der Waals surface area contributed by atoms with Gasteiger partial charge in [-0.2, -0.15) is 0 Å². The largest absolute Gasteiger partial charge is 0.303 e. The first-order valence-corrected chi connectivity index (χ1v) is 3.95. The standard InChI is InChI=1S/C8H14N2O/c1-4-10-8(11)7(5-9-10)6(2)3/h5-6,9H,4H2,1-3H3. The summed E-state index contributed by atoms with van der Waals surface area (Å²) in [4.78, 5) is 11.4. The third-order valence-electron chi connectivity index (χ3n) is 1.81. The Bertz CT molecular complexity index is 283. The summed E-state index contributed by atoms with van der Waals surface area (Å²) in [6, 6.07) is 0. The summed E-state index contributed by atoms with van der Waals surface area (Å²) < 4.78 is 1.61. The number of aromatic nitrogens is 2. The minimum Gasteiger partial charge on any atom is -0.303 e. The van der Waals surface area contributed by atoms with Gasteiger partial charge in [0.2, 0.25) is 0 Å². The molecule has 0 saturated heterocycles. The minimum atomic E-state index is 0.113. The third-order valence-corrected chi connectivity index (χ3v) is 1.81. The summed E-state index contributed by atoms with van der Waals surface area (Å²) in [7, 11) is 0. The maximum Gasteiger partial charge on any atom is 0.269 e. The first-order chi connectivity index (χ1) is 5.16. The molecule has 0 aliphatic rings. The lowest BCUT2D eigenvalue weighted by atomic mass is 10.1. The van der Waals surface area contributed by atoms with E-state index in [1.807, 2.05) is 20.8 Å². The van der Waals surface area contributed by atoms with Crippen molar-refractivity contribution in [3.8, 4) is 0 Å². The molecule has 62 valence electrons. The Morgan fingerprint density at radius 1 is 1.64 bits per heavy atom. The SMILES string of the molecule is CCn1[nH]cc(C(C)C)c1=O. The van der Waals surface area contributed by atoms with Gasteiger partial charge in [-0.05, 0) is 12.8 Å². The zero-order valence-electron chi connectivity index (χ0n) is 7.22. The van der Waals surface area contributed by atoms with Gasteiger partial charge in [-0.25, -0.2) is 0 Å². The molecule has 0 aromatic carbocycles. The highest BCUT2D eigenvalue weighted by Gasteiger charge is 2.07. The second-order valence-corrected chi connectivity index (χ2v) is 2.93. The van der Waals surface area contributed by atoms with E-state index in [9.17, 15) is 4.79 Å². The fraction of sp³-hybridized carbons (Fsp3) is 0.625. The Morgan fingerprint density at radius 2 is 2.27 bits per heavy atom. The molecule has 11 heavy (non-hydrogen) atoms. The van der Waals surface area contributed by atoms with E-state index in [1.54, 1.807) is 10.9 Å². The van der Waals surface area contributed by atoms with Crippen LogP contribution >= 0.6 is 0 Å². The molecule has 1 aromatic heterocycles. The molecule has 1 N–H and O–H groups in total. The van der Waals surface area contributed by atoms with Crippen LogP contribution in [0.15, 0.2) is 11.0 Å². The van der Waals surface area contributed by atoms with Crippen LogP contribution in [0.1, 0.15) is 32.3 Å². The average Bonchev–Trinajstić information content (AvgIpc) is 2.30. The number of nitrogens with one attached hydrogen (secondary N) is 1. The first-order valence-electron chi connectivity index (χ1n) is 3.95. The van der Waals surface area contributed by atoms with Crippen LogP contribution in [0.2, 0.25) is 0 Å². The molecule has 0 aliphatic heterocycles. The number of hydrogen-bond donors (Lipinski definition) is 1. The highest BCUT2D eigenvalue weighted by Crippen LogP contribution is 2.06. The number of hydrogen-bond acceptors (Lipinski definition) is 1. The molecule has 3 nitrogen and oxygen atoms in total. The van der Waals surface area contributed by atoms with Gasteiger partial charge in [0.15, 0.2) is 0 Å². The molecular weight excluding hydrogens is 140 g/mol. The van der Waals surface area contributed by atoms with Crippen LogP contribution in [0.4, 0.5) is 0 Å². The van der Waals surface area contributed by atoms with Crippen LogP contribution in [-0.2, 0) is 6.54 Å². The van der Waals surface area contributed by atoms with Crippen molar-refractivity contribution in [2.24, 2.45) is 0 Å². The van der Waals surface area contributed by atoms with Crippen LogP contribution in [0.5, 0.6) is 0 Å². The summed E-state index contributed by atoms with van der Waals surface area (Å²) >= 11 is 0. The van der Waals surface area contributed by atoms with Crippen LogP contribution < -0.4 is 5.56 Å². The van der Waals surface area contributed by atoms with E-state index in [4.69, 9.17) is 0 Å². The van der Waals surface area contributed by atoms with Crippen molar-refractivity contribution in [2.45, 2.75) is 33.2 Å². The third kappa shape index (κ3) is 1.37. The van der Waals surface area contributed by atoms with Gasteiger partial charge in [0.1, 0.15) is 0 Å². The zero-order valence-corrected chi connectivity index (χ0v) is 7.22. The van der Waals surface area contributed by atoms with Crippen molar-refractivity contribution in [1.29, 1.82) is 0 Å². The Labute approximate surface area is 66.0 Å². The lowest BCUT2D eigenvalue weighted by molar-refractivity contribution is 0.635. The molecule has 0 bridgehead atoms. The molecule has 3 heteroatoms. The molecule has 0 aliphatic carbocycles. The smallest absolute Gasteiger partial charge is 0.269 e. The molecule has 0 unspecified atom stereocenters. The van der Waals surface area contributed by atoms with Gasteiger partial charge in [-0.15, -0.1) is 0 Å². The highest BCUT2D eigenvalue weighted by atomic mass is 16.1. The molecule has 0 atom stereocenters. The van der Waals surface area contributed by atoms with Gasteiger partial charge >= 0.3 is 0 Å². The summed E-state index contributed by atoms with van der Waals surface area (Å²) in [5, 5.41) is 2.91. The Morgan fingerprint density at radius 3 is 2.55 bits per heavy atom. The quantitative estimate of drug-likeness (QED) is 0.685. The van der Waals surface area contributed by atoms with Gasteiger partial charge < -0.3 is 5.10 Å². The summed E-state index contributed by atoms with van der Waals surface area (Å²) in [6.45, 7) is 6.70. The second-order valence-electron chi connectivity index (χ2n) is 2.93. The minimum absolute atomic E-state index is 0.113.